The van der Waals surface area contributed by atoms with Gasteiger partial charge in [0.25, 0.3) is 5.91 Å². The first kappa shape index (κ1) is 18.5. The molecule has 27 heavy (non-hydrogen) atoms. The molecule has 138 valence electrons. The van der Waals surface area contributed by atoms with Crippen molar-refractivity contribution in [3.05, 3.63) is 78.5 Å². The highest BCUT2D eigenvalue weighted by atomic mass is 16.1. The molecule has 0 fully saturated rings. The summed E-state index contributed by atoms with van der Waals surface area (Å²) in [7, 11) is 0. The SMILES string of the molecule is CCN(CC)c1ccc(NC(=O)c2ccnc(Nc3ccccc3)c2)cc1. The molecule has 1 amide bonds. The summed E-state index contributed by atoms with van der Waals surface area (Å²) in [5.74, 6) is 0.467. The van der Waals surface area contributed by atoms with Crippen LogP contribution in [-0.4, -0.2) is 24.0 Å². The predicted octanol–water partition coefficient (Wildman–Crippen LogP) is 4.92. The molecule has 0 aliphatic rings. The number of hydrogen-bond donors (Lipinski definition) is 2. The first-order chi connectivity index (χ1) is 13.2. The summed E-state index contributed by atoms with van der Waals surface area (Å²) in [6, 6.07) is 21.1. The highest BCUT2D eigenvalue weighted by molar-refractivity contribution is 6.04. The third-order valence-electron chi connectivity index (χ3n) is 4.32. The molecular weight excluding hydrogens is 336 g/mol. The van der Waals surface area contributed by atoms with Crippen LogP contribution in [0, 0.1) is 0 Å². The van der Waals surface area contributed by atoms with E-state index in [4.69, 9.17) is 0 Å². The van der Waals surface area contributed by atoms with Gasteiger partial charge in [0.05, 0.1) is 0 Å². The van der Waals surface area contributed by atoms with Crippen molar-refractivity contribution in [2.45, 2.75) is 13.8 Å². The molecule has 0 spiro atoms. The Labute approximate surface area is 160 Å². The monoisotopic (exact) mass is 360 g/mol. The summed E-state index contributed by atoms with van der Waals surface area (Å²) in [4.78, 5) is 19.1. The number of amides is 1. The van der Waals surface area contributed by atoms with Gasteiger partial charge in [-0.15, -0.1) is 0 Å². The van der Waals surface area contributed by atoms with E-state index in [0.717, 1.165) is 30.2 Å². The Bertz CT molecular complexity index is 874. The second-order valence-electron chi connectivity index (χ2n) is 6.09. The second-order valence-corrected chi connectivity index (χ2v) is 6.09. The van der Waals surface area contributed by atoms with Gasteiger partial charge in [-0.25, -0.2) is 4.98 Å². The zero-order valence-electron chi connectivity index (χ0n) is 15.6. The Morgan fingerprint density at radius 1 is 0.926 bits per heavy atom. The minimum Gasteiger partial charge on any atom is -0.372 e. The van der Waals surface area contributed by atoms with E-state index in [0.29, 0.717) is 11.4 Å². The Morgan fingerprint density at radius 3 is 2.30 bits per heavy atom. The van der Waals surface area contributed by atoms with Gasteiger partial charge in [0.2, 0.25) is 0 Å². The van der Waals surface area contributed by atoms with E-state index in [-0.39, 0.29) is 5.91 Å². The number of rotatable bonds is 7. The third-order valence-corrected chi connectivity index (χ3v) is 4.32. The number of para-hydroxylation sites is 1. The summed E-state index contributed by atoms with van der Waals surface area (Å²) in [6.07, 6.45) is 1.63. The van der Waals surface area contributed by atoms with Crippen LogP contribution in [0.3, 0.4) is 0 Å². The minimum atomic E-state index is -0.163. The molecule has 5 heteroatoms. The van der Waals surface area contributed by atoms with Gasteiger partial charge in [0, 0.05) is 41.9 Å². The maximum Gasteiger partial charge on any atom is 0.255 e. The number of anilines is 4. The van der Waals surface area contributed by atoms with Gasteiger partial charge >= 0.3 is 0 Å². The molecule has 2 aromatic carbocycles. The molecule has 3 aromatic rings. The molecule has 0 aliphatic heterocycles. The first-order valence-electron chi connectivity index (χ1n) is 9.14. The van der Waals surface area contributed by atoms with Crippen LogP contribution in [-0.2, 0) is 0 Å². The van der Waals surface area contributed by atoms with Crippen LogP contribution >= 0.6 is 0 Å². The fourth-order valence-electron chi connectivity index (χ4n) is 2.86. The van der Waals surface area contributed by atoms with E-state index in [1.807, 2.05) is 54.6 Å². The van der Waals surface area contributed by atoms with Crippen molar-refractivity contribution >= 4 is 28.8 Å². The van der Waals surface area contributed by atoms with Crippen molar-refractivity contribution in [1.29, 1.82) is 0 Å². The first-order valence-corrected chi connectivity index (χ1v) is 9.14. The summed E-state index contributed by atoms with van der Waals surface area (Å²) < 4.78 is 0. The largest absolute Gasteiger partial charge is 0.372 e. The van der Waals surface area contributed by atoms with Gasteiger partial charge in [-0.3, -0.25) is 4.79 Å². The van der Waals surface area contributed by atoms with Crippen LogP contribution in [0.25, 0.3) is 0 Å². The fraction of sp³-hybridized carbons (Fsp3) is 0.182. The lowest BCUT2D eigenvalue weighted by Crippen LogP contribution is -2.21. The summed E-state index contributed by atoms with van der Waals surface area (Å²) in [5, 5.41) is 6.14. The molecule has 5 nitrogen and oxygen atoms in total. The second kappa shape index (κ2) is 8.85. The predicted molar refractivity (Wildman–Crippen MR) is 112 cm³/mol. The Hall–Kier alpha value is -3.34. The molecule has 2 N–H and O–H groups in total. The van der Waals surface area contributed by atoms with Crippen LogP contribution in [0.5, 0.6) is 0 Å². The van der Waals surface area contributed by atoms with Crippen molar-refractivity contribution in [3.8, 4) is 0 Å². The number of carbonyl (C=O) groups excluding carboxylic acids is 1. The topological polar surface area (TPSA) is 57.3 Å². The number of carbonyl (C=O) groups is 1. The van der Waals surface area contributed by atoms with Crippen LogP contribution in [0.2, 0.25) is 0 Å². The number of benzene rings is 2. The number of nitrogens with zero attached hydrogens (tertiary/aromatic N) is 2. The molecule has 0 aliphatic carbocycles. The lowest BCUT2D eigenvalue weighted by Gasteiger charge is -2.21. The van der Waals surface area contributed by atoms with E-state index >= 15 is 0 Å². The molecule has 0 radical (unpaired) electrons. The van der Waals surface area contributed by atoms with Crippen molar-refractivity contribution in [1.82, 2.24) is 4.98 Å². The molecule has 0 bridgehead atoms. The van der Waals surface area contributed by atoms with Crippen LogP contribution in [0.15, 0.2) is 72.9 Å². The molecule has 1 aromatic heterocycles. The molecule has 0 atom stereocenters. The molecule has 1 heterocycles. The van der Waals surface area contributed by atoms with Crippen LogP contribution in [0.4, 0.5) is 22.9 Å². The summed E-state index contributed by atoms with van der Waals surface area (Å²) >= 11 is 0. The summed E-state index contributed by atoms with van der Waals surface area (Å²) in [5.41, 5.74) is 3.40. The quantitative estimate of drug-likeness (QED) is 0.628. The maximum atomic E-state index is 12.6. The fourth-order valence-corrected chi connectivity index (χ4v) is 2.86. The van der Waals surface area contributed by atoms with Gasteiger partial charge in [0.15, 0.2) is 0 Å². The normalized spacial score (nSPS) is 10.3. The molecule has 0 unspecified atom stereocenters. The zero-order valence-corrected chi connectivity index (χ0v) is 15.6. The average Bonchev–Trinajstić information content (AvgIpc) is 2.71. The van der Waals surface area contributed by atoms with Crippen molar-refractivity contribution in [2.24, 2.45) is 0 Å². The Kier molecular flexibility index (Phi) is 6.05. The molecule has 3 rings (SSSR count). The number of hydrogen-bond acceptors (Lipinski definition) is 4. The lowest BCUT2D eigenvalue weighted by atomic mass is 10.2. The van der Waals surface area contributed by atoms with E-state index in [1.54, 1.807) is 18.3 Å². The average molecular weight is 360 g/mol. The smallest absolute Gasteiger partial charge is 0.255 e. The van der Waals surface area contributed by atoms with Crippen LogP contribution in [0.1, 0.15) is 24.2 Å². The highest BCUT2D eigenvalue weighted by Crippen LogP contribution is 2.19. The number of nitrogens with one attached hydrogen (secondary N) is 2. The van der Waals surface area contributed by atoms with Crippen LogP contribution < -0.4 is 15.5 Å². The molecule has 0 saturated carbocycles. The zero-order chi connectivity index (χ0) is 19.1. The Balaban J connectivity index is 1.68. The van der Waals surface area contributed by atoms with Crippen molar-refractivity contribution < 1.29 is 4.79 Å². The van der Waals surface area contributed by atoms with Gasteiger partial charge < -0.3 is 15.5 Å². The molecule has 0 saturated heterocycles. The van der Waals surface area contributed by atoms with E-state index < -0.39 is 0 Å². The van der Waals surface area contributed by atoms with E-state index in [1.165, 1.54) is 0 Å². The Morgan fingerprint density at radius 2 is 1.63 bits per heavy atom. The third kappa shape index (κ3) is 4.85. The van der Waals surface area contributed by atoms with Crippen molar-refractivity contribution in [2.75, 3.05) is 28.6 Å². The van der Waals surface area contributed by atoms with E-state index in [2.05, 4.69) is 34.4 Å². The maximum absolute atomic E-state index is 12.6. The number of pyridine rings is 1. The van der Waals surface area contributed by atoms with Gasteiger partial charge in [-0.1, -0.05) is 18.2 Å². The number of aromatic nitrogens is 1. The summed E-state index contributed by atoms with van der Waals surface area (Å²) in [6.45, 7) is 6.17. The van der Waals surface area contributed by atoms with E-state index in [9.17, 15) is 4.79 Å². The van der Waals surface area contributed by atoms with Gasteiger partial charge in [-0.2, -0.15) is 0 Å². The molecular formula is C22H24N4O. The standard InChI is InChI=1S/C22H24N4O/c1-3-26(4-2)20-12-10-19(11-13-20)25-22(27)17-14-15-23-21(16-17)24-18-8-6-5-7-9-18/h5-16H,3-4H2,1-2H3,(H,23,24)(H,25,27). The van der Waals surface area contributed by atoms with Gasteiger partial charge in [-0.05, 0) is 62.4 Å². The lowest BCUT2D eigenvalue weighted by molar-refractivity contribution is 0.102. The highest BCUT2D eigenvalue weighted by Gasteiger charge is 2.08. The van der Waals surface area contributed by atoms with Crippen molar-refractivity contribution in [3.63, 3.8) is 0 Å². The minimum absolute atomic E-state index is 0.163. The van der Waals surface area contributed by atoms with Gasteiger partial charge in [0.1, 0.15) is 5.82 Å².